The molecule has 0 bridgehead atoms. The van der Waals surface area contributed by atoms with Crippen molar-refractivity contribution in [1.29, 1.82) is 0 Å². The Bertz CT molecular complexity index is 3380. The van der Waals surface area contributed by atoms with Crippen molar-refractivity contribution < 1.29 is 0 Å². The van der Waals surface area contributed by atoms with Gasteiger partial charge in [0.25, 0.3) is 0 Å². The maximum Gasteiger partial charge on any atom is 0.145 e. The van der Waals surface area contributed by atoms with Crippen molar-refractivity contribution in [3.63, 3.8) is 0 Å². The summed E-state index contributed by atoms with van der Waals surface area (Å²) in [6.07, 6.45) is 0. The van der Waals surface area contributed by atoms with Crippen LogP contribution in [-0.4, -0.2) is 9.55 Å². The molecule has 0 fully saturated rings. The van der Waals surface area contributed by atoms with Crippen molar-refractivity contribution in [2.24, 2.45) is 0 Å². The van der Waals surface area contributed by atoms with Gasteiger partial charge in [-0.05, 0) is 108 Å². The van der Waals surface area contributed by atoms with E-state index in [4.69, 9.17) is 4.98 Å². The Kier molecular flexibility index (Phi) is 7.03. The van der Waals surface area contributed by atoms with Gasteiger partial charge in [0.2, 0.25) is 0 Å². The van der Waals surface area contributed by atoms with Crippen LogP contribution in [-0.2, 0) is 10.8 Å². The number of imidazole rings is 1. The van der Waals surface area contributed by atoms with E-state index in [0.29, 0.717) is 0 Å². The summed E-state index contributed by atoms with van der Waals surface area (Å²) in [7, 11) is 0. The summed E-state index contributed by atoms with van der Waals surface area (Å²) in [4.78, 5) is 5.59. The predicted molar refractivity (Wildman–Crippen MR) is 251 cm³/mol. The van der Waals surface area contributed by atoms with Crippen molar-refractivity contribution in [1.82, 2.24) is 9.55 Å². The molecule has 10 aromatic rings. The van der Waals surface area contributed by atoms with Crippen LogP contribution in [0.3, 0.4) is 0 Å². The minimum atomic E-state index is -0.458. The van der Waals surface area contributed by atoms with Gasteiger partial charge in [0, 0.05) is 27.8 Å². The predicted octanol–water partition coefficient (Wildman–Crippen LogP) is 14.7. The normalized spacial score (nSPS) is 14.3. The summed E-state index contributed by atoms with van der Waals surface area (Å²) in [5, 5.41) is 2.64. The summed E-state index contributed by atoms with van der Waals surface area (Å²) in [5.74, 6) is 0.929. The molecule has 61 heavy (non-hydrogen) atoms. The average molecular weight is 777 g/mol. The minimum absolute atomic E-state index is 0.270. The fraction of sp³-hybridized carbons (Fsp3) is 0.0678. The molecule has 0 atom stereocenters. The molecule has 13 rings (SSSR count). The number of nitrogens with zero attached hydrogens (tertiary/aromatic N) is 2. The minimum Gasteiger partial charge on any atom is -0.292 e. The van der Waals surface area contributed by atoms with Crippen LogP contribution in [0.5, 0.6) is 0 Å². The van der Waals surface area contributed by atoms with E-state index in [2.05, 4.69) is 225 Å². The van der Waals surface area contributed by atoms with Gasteiger partial charge in [0.15, 0.2) is 0 Å². The van der Waals surface area contributed by atoms with Gasteiger partial charge < -0.3 is 0 Å². The average Bonchev–Trinajstić information content (AvgIpc) is 3.93. The molecule has 0 saturated carbocycles. The van der Waals surface area contributed by atoms with Crippen LogP contribution in [0.1, 0.15) is 47.2 Å². The van der Waals surface area contributed by atoms with Crippen molar-refractivity contribution in [3.05, 3.63) is 240 Å². The molecule has 0 N–H and O–H groups in total. The van der Waals surface area contributed by atoms with Crippen LogP contribution < -0.4 is 0 Å². The lowest BCUT2D eigenvalue weighted by Gasteiger charge is -2.40. The zero-order valence-corrected chi connectivity index (χ0v) is 34.0. The van der Waals surface area contributed by atoms with Crippen molar-refractivity contribution in [2.45, 2.75) is 24.7 Å². The highest BCUT2D eigenvalue weighted by Gasteiger charge is 2.51. The Morgan fingerprint density at radius 3 is 1.61 bits per heavy atom. The fourth-order valence-electron chi connectivity index (χ4n) is 11.4. The Balaban J connectivity index is 1.08. The van der Waals surface area contributed by atoms with E-state index in [-0.39, 0.29) is 5.41 Å². The zero-order valence-electron chi connectivity index (χ0n) is 34.0. The van der Waals surface area contributed by atoms with Crippen LogP contribution in [0.2, 0.25) is 0 Å². The largest absolute Gasteiger partial charge is 0.292 e. The highest BCUT2D eigenvalue weighted by Crippen LogP contribution is 2.64. The van der Waals surface area contributed by atoms with Gasteiger partial charge >= 0.3 is 0 Å². The topological polar surface area (TPSA) is 17.8 Å². The third-order valence-corrected chi connectivity index (χ3v) is 14.0. The third-order valence-electron chi connectivity index (χ3n) is 14.0. The first-order valence-corrected chi connectivity index (χ1v) is 21.4. The molecule has 0 unspecified atom stereocenters. The first-order valence-electron chi connectivity index (χ1n) is 21.4. The van der Waals surface area contributed by atoms with Gasteiger partial charge in [-0.1, -0.05) is 190 Å². The second-order valence-electron chi connectivity index (χ2n) is 17.4. The van der Waals surface area contributed by atoms with E-state index in [1.165, 1.54) is 77.5 Å². The number of benzene rings is 9. The summed E-state index contributed by atoms with van der Waals surface area (Å²) in [5.41, 5.74) is 21.8. The molecule has 2 nitrogen and oxygen atoms in total. The van der Waals surface area contributed by atoms with E-state index in [0.717, 1.165) is 39.6 Å². The van der Waals surface area contributed by atoms with Gasteiger partial charge in [0.1, 0.15) is 5.82 Å². The molecule has 0 radical (unpaired) electrons. The summed E-state index contributed by atoms with van der Waals surface area (Å²) < 4.78 is 2.36. The molecular weight excluding hydrogens is 737 g/mol. The first-order chi connectivity index (χ1) is 30.0. The van der Waals surface area contributed by atoms with Crippen LogP contribution in [0.25, 0.3) is 83.7 Å². The standard InChI is InChI=1S/C59H40N2/c1-58(2)51-34-40(57-60-55(38-18-6-3-7-19-38)56(39-20-8-4-9-21-39)61(57)41-24-10-5-11-25-41)32-33-44(51)46-36-53-47(35-52(46)58)45-28-16-22-37-23-17-31-50(54(37)45)59(53)48-29-14-12-26-42(48)43-27-13-15-30-49(43)59/h3-36H,1-2H3. The van der Waals surface area contributed by atoms with E-state index < -0.39 is 5.41 Å². The molecule has 2 heteroatoms. The fourth-order valence-corrected chi connectivity index (χ4v) is 11.4. The van der Waals surface area contributed by atoms with Gasteiger partial charge in [-0.15, -0.1) is 0 Å². The molecule has 1 aromatic heterocycles. The quantitative estimate of drug-likeness (QED) is 0.174. The Morgan fingerprint density at radius 1 is 0.377 bits per heavy atom. The van der Waals surface area contributed by atoms with Crippen LogP contribution in [0.4, 0.5) is 0 Å². The smallest absolute Gasteiger partial charge is 0.145 e. The maximum atomic E-state index is 5.59. The van der Waals surface area contributed by atoms with Gasteiger partial charge in [-0.25, -0.2) is 4.98 Å². The highest BCUT2D eigenvalue weighted by atomic mass is 15.1. The number of aromatic nitrogens is 2. The molecular formula is C59H40N2. The van der Waals surface area contributed by atoms with Gasteiger partial charge in [-0.3, -0.25) is 4.57 Å². The first kappa shape index (κ1) is 34.3. The second kappa shape index (κ2) is 12.5. The number of fused-ring (bicyclic) bond motifs is 12. The van der Waals surface area contributed by atoms with E-state index in [1.807, 2.05) is 0 Å². The van der Waals surface area contributed by atoms with E-state index >= 15 is 0 Å². The molecule has 3 aliphatic carbocycles. The lowest BCUT2D eigenvalue weighted by atomic mass is 9.61. The van der Waals surface area contributed by atoms with Crippen molar-refractivity contribution in [2.75, 3.05) is 0 Å². The van der Waals surface area contributed by atoms with Gasteiger partial charge in [0.05, 0.1) is 16.8 Å². The van der Waals surface area contributed by atoms with Crippen LogP contribution >= 0.6 is 0 Å². The van der Waals surface area contributed by atoms with E-state index in [1.54, 1.807) is 0 Å². The molecule has 3 aliphatic rings. The summed E-state index contributed by atoms with van der Waals surface area (Å²) >= 11 is 0. The number of hydrogen-bond donors (Lipinski definition) is 0. The van der Waals surface area contributed by atoms with Crippen molar-refractivity contribution >= 4 is 10.8 Å². The summed E-state index contributed by atoms with van der Waals surface area (Å²) in [6.45, 7) is 4.82. The highest BCUT2D eigenvalue weighted by molar-refractivity contribution is 6.08. The molecule has 0 saturated heterocycles. The maximum absolute atomic E-state index is 5.59. The molecule has 286 valence electrons. The second-order valence-corrected chi connectivity index (χ2v) is 17.4. The molecule has 0 aliphatic heterocycles. The Hall–Kier alpha value is -7.55. The number of para-hydroxylation sites is 1. The molecule has 9 aromatic carbocycles. The molecule has 0 amide bonds. The number of rotatable bonds is 4. The monoisotopic (exact) mass is 776 g/mol. The lowest BCUT2D eigenvalue weighted by molar-refractivity contribution is 0.659. The van der Waals surface area contributed by atoms with Crippen LogP contribution in [0, 0.1) is 0 Å². The Labute approximate surface area is 356 Å². The Morgan fingerprint density at radius 2 is 0.902 bits per heavy atom. The number of hydrogen-bond acceptors (Lipinski definition) is 1. The SMILES string of the molecule is CC1(C)c2cc(-c3nc(-c4ccccc4)c(-c4ccccc4)n3-c3ccccc3)ccc2-c2cc3c(cc21)-c1cccc2cccc(c12)C31c2ccccc2-c2ccccc21. The molecule has 1 spiro atoms. The third kappa shape index (κ3) is 4.54. The zero-order chi connectivity index (χ0) is 40.5. The van der Waals surface area contributed by atoms with Gasteiger partial charge in [-0.2, -0.15) is 0 Å². The van der Waals surface area contributed by atoms with E-state index in [9.17, 15) is 0 Å². The molecule has 1 heterocycles. The summed E-state index contributed by atoms with van der Waals surface area (Å²) in [6, 6.07) is 76.4. The van der Waals surface area contributed by atoms with Crippen LogP contribution in [0.15, 0.2) is 206 Å². The van der Waals surface area contributed by atoms with Crippen molar-refractivity contribution in [3.8, 4) is 73.0 Å². The lowest BCUT2D eigenvalue weighted by Crippen LogP contribution is -2.32.